The zero-order valence-corrected chi connectivity index (χ0v) is 10.9. The van der Waals surface area contributed by atoms with Crippen molar-refractivity contribution in [3.05, 3.63) is 0 Å². The van der Waals surface area contributed by atoms with E-state index in [2.05, 4.69) is 18.7 Å². The second-order valence-electron chi connectivity index (χ2n) is 4.50. The SMILES string of the molecule is CC(CCCl)CCSC1CCCCC1. The molecular weight excluding hydrogens is 212 g/mol. The van der Waals surface area contributed by atoms with Crippen LogP contribution in [0, 0.1) is 5.92 Å². The molecule has 0 aromatic heterocycles. The number of thioether (sulfide) groups is 1. The Kier molecular flexibility index (Phi) is 7.14. The molecule has 0 aromatic carbocycles. The molecule has 14 heavy (non-hydrogen) atoms. The Morgan fingerprint density at radius 1 is 1.21 bits per heavy atom. The zero-order valence-electron chi connectivity index (χ0n) is 9.30. The molecule has 0 nitrogen and oxygen atoms in total. The number of hydrogen-bond acceptors (Lipinski definition) is 1. The molecule has 1 aliphatic rings. The van der Waals surface area contributed by atoms with Crippen molar-refractivity contribution in [3.63, 3.8) is 0 Å². The third-order valence-corrected chi connectivity index (χ3v) is 4.75. The summed E-state index contributed by atoms with van der Waals surface area (Å²) in [5, 5.41) is 0.979. The molecule has 1 atom stereocenters. The highest BCUT2D eigenvalue weighted by molar-refractivity contribution is 7.99. The molecule has 1 fully saturated rings. The first-order valence-corrected chi connectivity index (χ1v) is 7.59. The van der Waals surface area contributed by atoms with Gasteiger partial charge in [-0.1, -0.05) is 26.2 Å². The molecule has 0 bridgehead atoms. The van der Waals surface area contributed by atoms with Crippen LogP contribution in [0.3, 0.4) is 0 Å². The Bertz CT molecular complexity index is 132. The fourth-order valence-electron chi connectivity index (χ4n) is 2.00. The average molecular weight is 235 g/mol. The molecule has 0 saturated heterocycles. The third-order valence-electron chi connectivity index (χ3n) is 3.12. The Morgan fingerprint density at radius 2 is 1.93 bits per heavy atom. The summed E-state index contributed by atoms with van der Waals surface area (Å²) in [5.41, 5.74) is 0. The maximum Gasteiger partial charge on any atom is 0.0225 e. The molecule has 0 N–H and O–H groups in total. The molecule has 2 heteroatoms. The van der Waals surface area contributed by atoms with Crippen molar-refractivity contribution in [2.75, 3.05) is 11.6 Å². The first-order valence-electron chi connectivity index (χ1n) is 6.00. The summed E-state index contributed by atoms with van der Waals surface area (Å²) in [6.45, 7) is 2.32. The van der Waals surface area contributed by atoms with Crippen LogP contribution in [-0.2, 0) is 0 Å². The van der Waals surface area contributed by atoms with Gasteiger partial charge in [-0.15, -0.1) is 11.6 Å². The van der Waals surface area contributed by atoms with Crippen LogP contribution >= 0.6 is 23.4 Å². The van der Waals surface area contributed by atoms with E-state index < -0.39 is 0 Å². The van der Waals surface area contributed by atoms with Crippen LogP contribution in [0.4, 0.5) is 0 Å². The molecule has 1 saturated carbocycles. The summed E-state index contributed by atoms with van der Waals surface area (Å²) in [7, 11) is 0. The Morgan fingerprint density at radius 3 is 2.57 bits per heavy atom. The third kappa shape index (κ3) is 5.50. The van der Waals surface area contributed by atoms with E-state index in [1.165, 1.54) is 50.7 Å². The summed E-state index contributed by atoms with van der Waals surface area (Å²) < 4.78 is 0. The number of halogens is 1. The van der Waals surface area contributed by atoms with Gasteiger partial charge < -0.3 is 0 Å². The lowest BCUT2D eigenvalue weighted by atomic mass is 10.0. The van der Waals surface area contributed by atoms with E-state index in [0.717, 1.165) is 17.0 Å². The molecule has 1 unspecified atom stereocenters. The van der Waals surface area contributed by atoms with Gasteiger partial charge in [-0.3, -0.25) is 0 Å². The maximum atomic E-state index is 5.72. The monoisotopic (exact) mass is 234 g/mol. The van der Waals surface area contributed by atoms with E-state index >= 15 is 0 Å². The largest absolute Gasteiger partial charge is 0.159 e. The van der Waals surface area contributed by atoms with Gasteiger partial charge in [0.15, 0.2) is 0 Å². The standard InChI is InChI=1S/C12H23ClS/c1-11(7-9-13)8-10-14-12-5-3-2-4-6-12/h11-12H,2-10H2,1H3. The lowest BCUT2D eigenvalue weighted by Gasteiger charge is -2.21. The van der Waals surface area contributed by atoms with Gasteiger partial charge in [0.2, 0.25) is 0 Å². The highest BCUT2D eigenvalue weighted by Crippen LogP contribution is 2.29. The van der Waals surface area contributed by atoms with Crippen molar-refractivity contribution in [2.45, 2.75) is 57.1 Å². The first kappa shape index (κ1) is 12.7. The van der Waals surface area contributed by atoms with Crippen molar-refractivity contribution in [3.8, 4) is 0 Å². The van der Waals surface area contributed by atoms with Crippen LogP contribution in [0.25, 0.3) is 0 Å². The van der Waals surface area contributed by atoms with Gasteiger partial charge >= 0.3 is 0 Å². The minimum absolute atomic E-state index is 0.823. The molecule has 0 amide bonds. The lowest BCUT2D eigenvalue weighted by molar-refractivity contribution is 0.513. The minimum atomic E-state index is 0.823. The smallest absolute Gasteiger partial charge is 0.0225 e. The predicted octanol–water partition coefficient (Wildman–Crippen LogP) is 4.71. The highest BCUT2D eigenvalue weighted by atomic mass is 35.5. The highest BCUT2D eigenvalue weighted by Gasteiger charge is 2.13. The minimum Gasteiger partial charge on any atom is -0.159 e. The van der Waals surface area contributed by atoms with Gasteiger partial charge in [0.05, 0.1) is 0 Å². The summed E-state index contributed by atoms with van der Waals surface area (Å²) in [4.78, 5) is 0. The van der Waals surface area contributed by atoms with Crippen LogP contribution in [0.5, 0.6) is 0 Å². The van der Waals surface area contributed by atoms with Crippen molar-refractivity contribution in [2.24, 2.45) is 5.92 Å². The van der Waals surface area contributed by atoms with Gasteiger partial charge in [-0.25, -0.2) is 0 Å². The van der Waals surface area contributed by atoms with Gasteiger partial charge in [-0.2, -0.15) is 11.8 Å². The van der Waals surface area contributed by atoms with Gasteiger partial charge in [0, 0.05) is 11.1 Å². The quantitative estimate of drug-likeness (QED) is 0.600. The van der Waals surface area contributed by atoms with Crippen LogP contribution in [0.2, 0.25) is 0 Å². The molecule has 0 aliphatic heterocycles. The van der Waals surface area contributed by atoms with Gasteiger partial charge in [0.25, 0.3) is 0 Å². The second kappa shape index (κ2) is 7.87. The summed E-state index contributed by atoms with van der Waals surface area (Å²) >= 11 is 7.93. The van der Waals surface area contributed by atoms with Crippen molar-refractivity contribution in [1.29, 1.82) is 0 Å². The van der Waals surface area contributed by atoms with E-state index in [1.54, 1.807) is 0 Å². The van der Waals surface area contributed by atoms with Crippen LogP contribution < -0.4 is 0 Å². The fraction of sp³-hybridized carbons (Fsp3) is 1.00. The van der Waals surface area contributed by atoms with E-state index in [0.29, 0.717) is 0 Å². The summed E-state index contributed by atoms with van der Waals surface area (Å²) in [6, 6.07) is 0. The molecule has 1 aliphatic carbocycles. The molecule has 0 spiro atoms. The average Bonchev–Trinajstić information content (AvgIpc) is 2.20. The normalized spacial score (nSPS) is 21.0. The van der Waals surface area contributed by atoms with E-state index in [-0.39, 0.29) is 0 Å². The molecule has 1 rings (SSSR count). The van der Waals surface area contributed by atoms with Crippen LogP contribution in [-0.4, -0.2) is 16.9 Å². The predicted molar refractivity (Wildman–Crippen MR) is 68.4 cm³/mol. The van der Waals surface area contributed by atoms with Crippen molar-refractivity contribution >= 4 is 23.4 Å². The molecule has 0 aromatic rings. The van der Waals surface area contributed by atoms with Crippen molar-refractivity contribution < 1.29 is 0 Å². The number of hydrogen-bond donors (Lipinski definition) is 0. The molecule has 84 valence electrons. The van der Waals surface area contributed by atoms with E-state index in [9.17, 15) is 0 Å². The number of alkyl halides is 1. The van der Waals surface area contributed by atoms with Crippen molar-refractivity contribution in [1.82, 2.24) is 0 Å². The fourth-order valence-corrected chi connectivity index (χ4v) is 3.91. The van der Waals surface area contributed by atoms with Crippen LogP contribution in [0.15, 0.2) is 0 Å². The summed E-state index contributed by atoms with van der Waals surface area (Å²) in [6.07, 6.45) is 9.88. The first-order chi connectivity index (χ1) is 6.83. The Balaban J connectivity index is 1.96. The Hall–Kier alpha value is 0.640. The zero-order chi connectivity index (χ0) is 10.2. The molecule has 0 radical (unpaired) electrons. The maximum absolute atomic E-state index is 5.72. The number of rotatable bonds is 6. The molecular formula is C12H23ClS. The lowest BCUT2D eigenvalue weighted by Crippen LogP contribution is -2.09. The Labute approximate surface area is 98.2 Å². The van der Waals surface area contributed by atoms with E-state index in [1.807, 2.05) is 0 Å². The van der Waals surface area contributed by atoms with Crippen LogP contribution in [0.1, 0.15) is 51.9 Å². The summed E-state index contributed by atoms with van der Waals surface area (Å²) in [5.74, 6) is 3.00. The topological polar surface area (TPSA) is 0 Å². The van der Waals surface area contributed by atoms with Gasteiger partial charge in [-0.05, 0) is 37.4 Å². The second-order valence-corrected chi connectivity index (χ2v) is 6.29. The van der Waals surface area contributed by atoms with E-state index in [4.69, 9.17) is 11.6 Å². The van der Waals surface area contributed by atoms with Gasteiger partial charge in [0.1, 0.15) is 0 Å². The molecule has 0 heterocycles.